The molecule has 0 amide bonds. The van der Waals surface area contributed by atoms with Crippen molar-refractivity contribution < 1.29 is 9.60 Å². The zero-order valence-electron chi connectivity index (χ0n) is 8.14. The summed E-state index contributed by atoms with van der Waals surface area (Å²) >= 11 is 5.71. The average Bonchev–Trinajstić information content (AvgIpc) is 2.12. The van der Waals surface area contributed by atoms with Crippen LogP contribution in [0, 0.1) is 5.82 Å². The Labute approximate surface area is 87.7 Å². The highest BCUT2D eigenvalue weighted by Crippen LogP contribution is 2.25. The minimum atomic E-state index is -0.474. The van der Waals surface area contributed by atoms with Crippen LogP contribution in [0.5, 0.6) is 0 Å². The van der Waals surface area contributed by atoms with Crippen LogP contribution in [0.15, 0.2) is 12.1 Å². The second kappa shape index (κ2) is 4.73. The topological polar surface area (TPSA) is 32.3 Å². The molecule has 0 saturated carbocycles. The first-order valence-corrected chi connectivity index (χ1v) is 4.78. The third kappa shape index (κ3) is 2.44. The SMILES string of the molecule is CC(C)c1cc(Cl)c(F)c(CNO)c1. The second-order valence-corrected chi connectivity index (χ2v) is 3.87. The van der Waals surface area contributed by atoms with Crippen molar-refractivity contribution in [3.63, 3.8) is 0 Å². The molecule has 0 heterocycles. The molecule has 0 saturated heterocycles. The summed E-state index contributed by atoms with van der Waals surface area (Å²) in [7, 11) is 0. The Hall–Kier alpha value is -0.640. The lowest BCUT2D eigenvalue weighted by Crippen LogP contribution is -2.09. The van der Waals surface area contributed by atoms with E-state index in [9.17, 15) is 4.39 Å². The molecular formula is C10H13ClFNO. The molecule has 14 heavy (non-hydrogen) atoms. The highest BCUT2D eigenvalue weighted by atomic mass is 35.5. The first kappa shape index (κ1) is 11.4. The van der Waals surface area contributed by atoms with Crippen LogP contribution in [-0.2, 0) is 6.54 Å². The van der Waals surface area contributed by atoms with Crippen LogP contribution in [-0.4, -0.2) is 5.21 Å². The highest BCUT2D eigenvalue weighted by molar-refractivity contribution is 6.30. The molecular weight excluding hydrogens is 205 g/mol. The van der Waals surface area contributed by atoms with Crippen molar-refractivity contribution in [3.05, 3.63) is 34.1 Å². The molecule has 4 heteroatoms. The minimum absolute atomic E-state index is 0.0616. The summed E-state index contributed by atoms with van der Waals surface area (Å²) in [6, 6.07) is 3.32. The standard InChI is InChI=1S/C10H13ClFNO/c1-6(2)7-3-8(5-13-14)10(12)9(11)4-7/h3-4,6,13-14H,5H2,1-2H3. The number of hydrogen-bond donors (Lipinski definition) is 2. The van der Waals surface area contributed by atoms with Crippen molar-refractivity contribution in [1.29, 1.82) is 0 Å². The molecule has 0 radical (unpaired) electrons. The van der Waals surface area contributed by atoms with E-state index in [2.05, 4.69) is 0 Å². The molecule has 0 aliphatic rings. The molecule has 1 aromatic carbocycles. The van der Waals surface area contributed by atoms with E-state index in [1.165, 1.54) is 0 Å². The van der Waals surface area contributed by atoms with Crippen molar-refractivity contribution >= 4 is 11.6 Å². The monoisotopic (exact) mass is 217 g/mol. The van der Waals surface area contributed by atoms with Gasteiger partial charge in [-0.2, -0.15) is 0 Å². The van der Waals surface area contributed by atoms with Gasteiger partial charge in [-0.25, -0.2) is 9.87 Å². The average molecular weight is 218 g/mol. The Kier molecular flexibility index (Phi) is 3.86. The van der Waals surface area contributed by atoms with E-state index in [0.717, 1.165) is 5.56 Å². The van der Waals surface area contributed by atoms with Crippen LogP contribution >= 0.6 is 11.6 Å². The zero-order chi connectivity index (χ0) is 10.7. The van der Waals surface area contributed by atoms with Gasteiger partial charge in [0.05, 0.1) is 5.02 Å². The van der Waals surface area contributed by atoms with E-state index in [1.807, 2.05) is 19.3 Å². The molecule has 0 spiro atoms. The van der Waals surface area contributed by atoms with E-state index in [1.54, 1.807) is 12.1 Å². The van der Waals surface area contributed by atoms with E-state index in [4.69, 9.17) is 16.8 Å². The van der Waals surface area contributed by atoms with Crippen molar-refractivity contribution in [2.45, 2.75) is 26.3 Å². The number of nitrogens with one attached hydrogen (secondary N) is 1. The van der Waals surface area contributed by atoms with E-state index < -0.39 is 5.82 Å². The van der Waals surface area contributed by atoms with Gasteiger partial charge in [0.2, 0.25) is 0 Å². The molecule has 0 atom stereocenters. The summed E-state index contributed by atoms with van der Waals surface area (Å²) in [5, 5.41) is 8.60. The summed E-state index contributed by atoms with van der Waals surface area (Å²) in [5.74, 6) is -0.192. The molecule has 0 fully saturated rings. The Bertz CT molecular complexity index is 328. The summed E-state index contributed by atoms with van der Waals surface area (Å²) in [5.41, 5.74) is 3.26. The van der Waals surface area contributed by atoms with Gasteiger partial charge >= 0.3 is 0 Å². The van der Waals surface area contributed by atoms with Crippen molar-refractivity contribution in [1.82, 2.24) is 5.48 Å². The van der Waals surface area contributed by atoms with Crippen LogP contribution < -0.4 is 5.48 Å². The first-order chi connectivity index (χ1) is 6.56. The lowest BCUT2D eigenvalue weighted by atomic mass is 10.0. The van der Waals surface area contributed by atoms with Gasteiger partial charge in [0.15, 0.2) is 0 Å². The predicted molar refractivity (Wildman–Crippen MR) is 54.1 cm³/mol. The molecule has 0 aliphatic carbocycles. The summed E-state index contributed by atoms with van der Waals surface area (Å²) in [4.78, 5) is 0. The maximum atomic E-state index is 13.3. The Morgan fingerprint density at radius 3 is 2.64 bits per heavy atom. The van der Waals surface area contributed by atoms with Gasteiger partial charge in [0, 0.05) is 12.1 Å². The third-order valence-electron chi connectivity index (χ3n) is 2.06. The normalized spacial score (nSPS) is 11.0. The van der Waals surface area contributed by atoms with Gasteiger partial charge < -0.3 is 5.21 Å². The predicted octanol–water partition coefficient (Wildman–Crippen LogP) is 3.08. The molecule has 2 N–H and O–H groups in total. The number of halogens is 2. The fraction of sp³-hybridized carbons (Fsp3) is 0.400. The van der Waals surface area contributed by atoms with Gasteiger partial charge in [-0.3, -0.25) is 0 Å². The molecule has 1 rings (SSSR count). The van der Waals surface area contributed by atoms with Gasteiger partial charge in [-0.1, -0.05) is 31.5 Å². The van der Waals surface area contributed by atoms with Gasteiger partial charge in [-0.05, 0) is 17.5 Å². The molecule has 0 unspecified atom stereocenters. The summed E-state index contributed by atoms with van der Waals surface area (Å²) < 4.78 is 13.3. The van der Waals surface area contributed by atoms with Gasteiger partial charge in [0.25, 0.3) is 0 Å². The van der Waals surface area contributed by atoms with Crippen molar-refractivity contribution in [2.75, 3.05) is 0 Å². The second-order valence-electron chi connectivity index (χ2n) is 3.47. The molecule has 2 nitrogen and oxygen atoms in total. The molecule has 78 valence electrons. The Morgan fingerprint density at radius 2 is 2.14 bits per heavy atom. The smallest absolute Gasteiger partial charge is 0.146 e. The van der Waals surface area contributed by atoms with Crippen molar-refractivity contribution in [2.24, 2.45) is 0 Å². The molecule has 0 aliphatic heterocycles. The van der Waals surface area contributed by atoms with Crippen LogP contribution in [0.3, 0.4) is 0 Å². The highest BCUT2D eigenvalue weighted by Gasteiger charge is 2.10. The quantitative estimate of drug-likeness (QED) is 0.763. The largest absolute Gasteiger partial charge is 0.316 e. The Balaban J connectivity index is 3.14. The zero-order valence-corrected chi connectivity index (χ0v) is 8.90. The summed E-state index contributed by atoms with van der Waals surface area (Å²) in [6.45, 7) is 4.06. The van der Waals surface area contributed by atoms with Crippen LogP contribution in [0.1, 0.15) is 30.9 Å². The van der Waals surface area contributed by atoms with E-state index in [-0.39, 0.29) is 17.5 Å². The number of hydroxylamine groups is 1. The fourth-order valence-corrected chi connectivity index (χ4v) is 1.46. The third-order valence-corrected chi connectivity index (χ3v) is 2.34. The number of benzene rings is 1. The fourth-order valence-electron chi connectivity index (χ4n) is 1.22. The van der Waals surface area contributed by atoms with E-state index in [0.29, 0.717) is 5.56 Å². The van der Waals surface area contributed by atoms with Crippen molar-refractivity contribution in [3.8, 4) is 0 Å². The Morgan fingerprint density at radius 1 is 1.50 bits per heavy atom. The summed E-state index contributed by atoms with van der Waals surface area (Å²) in [6.07, 6.45) is 0. The molecule has 0 bridgehead atoms. The van der Waals surface area contributed by atoms with E-state index >= 15 is 0 Å². The number of rotatable bonds is 3. The number of hydrogen-bond acceptors (Lipinski definition) is 2. The van der Waals surface area contributed by atoms with Crippen LogP contribution in [0.4, 0.5) is 4.39 Å². The van der Waals surface area contributed by atoms with Gasteiger partial charge in [0.1, 0.15) is 5.82 Å². The molecule has 1 aromatic rings. The van der Waals surface area contributed by atoms with Gasteiger partial charge in [-0.15, -0.1) is 0 Å². The maximum absolute atomic E-state index is 13.3. The lowest BCUT2D eigenvalue weighted by Gasteiger charge is -2.10. The maximum Gasteiger partial charge on any atom is 0.146 e. The van der Waals surface area contributed by atoms with Crippen LogP contribution in [0.2, 0.25) is 5.02 Å². The molecule has 0 aromatic heterocycles. The minimum Gasteiger partial charge on any atom is -0.316 e. The first-order valence-electron chi connectivity index (χ1n) is 4.41. The van der Waals surface area contributed by atoms with Crippen LogP contribution in [0.25, 0.3) is 0 Å². The lowest BCUT2D eigenvalue weighted by molar-refractivity contribution is 0.160.